The molecule has 154 valence electrons. The minimum atomic E-state index is 0.0273. The fraction of sp³-hybridized carbons (Fsp3) is 0.364. The summed E-state index contributed by atoms with van der Waals surface area (Å²) in [6, 6.07) is 18.0. The Hall–Kier alpha value is -1.83. The molecule has 1 N–H and O–H groups in total. The van der Waals surface area contributed by atoms with Crippen molar-refractivity contribution >= 4 is 39.5 Å². The molecule has 5 nitrogen and oxygen atoms in total. The first kappa shape index (κ1) is 21.9. The Morgan fingerprint density at radius 2 is 1.66 bits per heavy atom. The van der Waals surface area contributed by atoms with Crippen LogP contribution < -0.4 is 5.32 Å². The van der Waals surface area contributed by atoms with Gasteiger partial charge in [0.25, 0.3) is 0 Å². The molecule has 1 heterocycles. The molecule has 0 spiro atoms. The van der Waals surface area contributed by atoms with Gasteiger partial charge in [-0.3, -0.25) is 14.5 Å². The van der Waals surface area contributed by atoms with E-state index in [1.807, 2.05) is 47.4 Å². The highest BCUT2D eigenvalue weighted by Gasteiger charge is 2.22. The van der Waals surface area contributed by atoms with Gasteiger partial charge in [0.1, 0.15) is 0 Å². The Morgan fingerprint density at radius 3 is 2.34 bits per heavy atom. The van der Waals surface area contributed by atoms with Crippen molar-refractivity contribution in [1.29, 1.82) is 0 Å². The summed E-state index contributed by atoms with van der Waals surface area (Å²) in [6.07, 6.45) is 0.540. The lowest BCUT2D eigenvalue weighted by molar-refractivity contribution is -0.132. The van der Waals surface area contributed by atoms with Crippen LogP contribution in [0.2, 0.25) is 0 Å². The number of benzene rings is 2. The first-order valence-electron chi connectivity index (χ1n) is 9.79. The molecule has 3 rings (SSSR count). The number of piperazine rings is 1. The van der Waals surface area contributed by atoms with E-state index in [4.69, 9.17) is 0 Å². The SMILES string of the molecule is O=C(CN1CCN(C(=O)CCSc2ccc(Br)cc2)CC1)NCc1ccccc1. The average Bonchev–Trinajstić information content (AvgIpc) is 2.75. The van der Waals surface area contributed by atoms with Crippen LogP contribution in [0, 0.1) is 0 Å². The van der Waals surface area contributed by atoms with Crippen molar-refractivity contribution in [3.8, 4) is 0 Å². The van der Waals surface area contributed by atoms with Crippen LogP contribution in [-0.2, 0) is 16.1 Å². The van der Waals surface area contributed by atoms with Crippen molar-refractivity contribution in [2.24, 2.45) is 0 Å². The van der Waals surface area contributed by atoms with Crippen LogP contribution in [0.3, 0.4) is 0 Å². The lowest BCUT2D eigenvalue weighted by atomic mass is 10.2. The quantitative estimate of drug-likeness (QED) is 0.594. The number of carbonyl (C=O) groups excluding carboxylic acids is 2. The summed E-state index contributed by atoms with van der Waals surface area (Å²) in [5.74, 6) is 1.00. The van der Waals surface area contributed by atoms with Crippen LogP contribution in [0.5, 0.6) is 0 Å². The zero-order valence-electron chi connectivity index (χ0n) is 16.4. The van der Waals surface area contributed by atoms with Crippen LogP contribution in [0.1, 0.15) is 12.0 Å². The summed E-state index contributed by atoms with van der Waals surface area (Å²) in [4.78, 5) is 29.8. The van der Waals surface area contributed by atoms with E-state index < -0.39 is 0 Å². The molecule has 2 amide bonds. The highest BCUT2D eigenvalue weighted by molar-refractivity contribution is 9.10. The second kappa shape index (κ2) is 11.4. The van der Waals surface area contributed by atoms with Gasteiger partial charge in [0.2, 0.25) is 11.8 Å². The minimum Gasteiger partial charge on any atom is -0.351 e. The smallest absolute Gasteiger partial charge is 0.234 e. The monoisotopic (exact) mass is 475 g/mol. The maximum absolute atomic E-state index is 12.4. The molecule has 1 aliphatic heterocycles. The molecule has 0 bridgehead atoms. The zero-order chi connectivity index (χ0) is 20.5. The topological polar surface area (TPSA) is 52.7 Å². The third kappa shape index (κ3) is 7.49. The van der Waals surface area contributed by atoms with E-state index in [0.29, 0.717) is 32.6 Å². The third-order valence-electron chi connectivity index (χ3n) is 4.82. The number of rotatable bonds is 8. The summed E-state index contributed by atoms with van der Waals surface area (Å²) in [5.41, 5.74) is 1.09. The zero-order valence-corrected chi connectivity index (χ0v) is 18.8. The molecule has 7 heteroatoms. The number of hydrogen-bond acceptors (Lipinski definition) is 4. The molecule has 0 aromatic heterocycles. The highest BCUT2D eigenvalue weighted by Crippen LogP contribution is 2.21. The summed E-state index contributed by atoms with van der Waals surface area (Å²) in [6.45, 7) is 3.79. The van der Waals surface area contributed by atoms with Crippen LogP contribution in [0.15, 0.2) is 64.0 Å². The number of carbonyl (C=O) groups is 2. The van der Waals surface area contributed by atoms with E-state index in [0.717, 1.165) is 28.9 Å². The first-order valence-corrected chi connectivity index (χ1v) is 11.6. The van der Waals surface area contributed by atoms with Gasteiger partial charge in [-0.05, 0) is 29.8 Å². The fourth-order valence-corrected chi connectivity index (χ4v) is 4.26. The van der Waals surface area contributed by atoms with Crippen molar-refractivity contribution < 1.29 is 9.59 Å². The second-order valence-corrected chi connectivity index (χ2v) is 9.06. The Labute approximate surface area is 185 Å². The van der Waals surface area contributed by atoms with Gasteiger partial charge < -0.3 is 10.2 Å². The predicted molar refractivity (Wildman–Crippen MR) is 121 cm³/mol. The van der Waals surface area contributed by atoms with E-state index in [2.05, 4.69) is 38.3 Å². The average molecular weight is 476 g/mol. The van der Waals surface area contributed by atoms with Gasteiger partial charge >= 0.3 is 0 Å². The highest BCUT2D eigenvalue weighted by atomic mass is 79.9. The molecule has 0 unspecified atom stereocenters. The van der Waals surface area contributed by atoms with Crippen LogP contribution >= 0.6 is 27.7 Å². The molecule has 0 saturated carbocycles. The molecular weight excluding hydrogens is 450 g/mol. The number of thioether (sulfide) groups is 1. The van der Waals surface area contributed by atoms with Gasteiger partial charge in [-0.15, -0.1) is 11.8 Å². The van der Waals surface area contributed by atoms with Crippen molar-refractivity contribution in [3.63, 3.8) is 0 Å². The van der Waals surface area contributed by atoms with E-state index in [1.54, 1.807) is 11.8 Å². The van der Waals surface area contributed by atoms with Gasteiger partial charge in [0.15, 0.2) is 0 Å². The number of hydrogen-bond donors (Lipinski definition) is 1. The Balaban J connectivity index is 1.31. The number of amides is 2. The predicted octanol–water partition coefficient (Wildman–Crippen LogP) is 3.39. The minimum absolute atomic E-state index is 0.0273. The standard InChI is InChI=1S/C22H26BrN3O2S/c23-19-6-8-20(9-7-19)29-15-10-22(28)26-13-11-25(12-14-26)17-21(27)24-16-18-4-2-1-3-5-18/h1-9H,10-17H2,(H,24,27). The van der Waals surface area contributed by atoms with Gasteiger partial charge in [0.05, 0.1) is 6.54 Å². The summed E-state index contributed by atoms with van der Waals surface area (Å²) in [7, 11) is 0. The van der Waals surface area contributed by atoms with Crippen LogP contribution in [0.25, 0.3) is 0 Å². The van der Waals surface area contributed by atoms with Crippen molar-refractivity contribution in [1.82, 2.24) is 15.1 Å². The Bertz CT molecular complexity index is 793. The molecule has 1 fully saturated rings. The second-order valence-electron chi connectivity index (χ2n) is 6.97. The molecule has 2 aromatic rings. The Kier molecular flexibility index (Phi) is 8.58. The lowest BCUT2D eigenvalue weighted by Crippen LogP contribution is -2.51. The molecule has 1 aliphatic rings. The van der Waals surface area contributed by atoms with Crippen molar-refractivity contribution in [2.45, 2.75) is 17.9 Å². The molecule has 29 heavy (non-hydrogen) atoms. The van der Waals surface area contributed by atoms with Gasteiger partial charge in [-0.1, -0.05) is 46.3 Å². The first-order chi connectivity index (χ1) is 14.1. The normalized spacial score (nSPS) is 14.6. The molecule has 0 aliphatic carbocycles. The molecule has 0 atom stereocenters. The molecular formula is C22H26BrN3O2S. The van der Waals surface area contributed by atoms with E-state index >= 15 is 0 Å². The van der Waals surface area contributed by atoms with Crippen LogP contribution in [0.4, 0.5) is 0 Å². The van der Waals surface area contributed by atoms with Crippen molar-refractivity contribution in [2.75, 3.05) is 38.5 Å². The molecule has 2 aromatic carbocycles. The maximum Gasteiger partial charge on any atom is 0.234 e. The number of halogens is 1. The van der Waals surface area contributed by atoms with Gasteiger partial charge in [-0.25, -0.2) is 0 Å². The van der Waals surface area contributed by atoms with E-state index in [-0.39, 0.29) is 11.8 Å². The van der Waals surface area contributed by atoms with Gasteiger partial charge in [-0.2, -0.15) is 0 Å². The third-order valence-corrected chi connectivity index (χ3v) is 6.37. The lowest BCUT2D eigenvalue weighted by Gasteiger charge is -2.34. The molecule has 1 saturated heterocycles. The van der Waals surface area contributed by atoms with Crippen LogP contribution in [-0.4, -0.2) is 60.1 Å². The Morgan fingerprint density at radius 1 is 0.966 bits per heavy atom. The summed E-state index contributed by atoms with van der Waals surface area (Å²) >= 11 is 5.13. The summed E-state index contributed by atoms with van der Waals surface area (Å²) < 4.78 is 1.06. The van der Waals surface area contributed by atoms with Crippen molar-refractivity contribution in [3.05, 3.63) is 64.6 Å². The molecule has 0 radical (unpaired) electrons. The van der Waals surface area contributed by atoms with E-state index in [9.17, 15) is 9.59 Å². The van der Waals surface area contributed by atoms with Gasteiger partial charge in [0, 0.05) is 54.3 Å². The number of nitrogens with one attached hydrogen (secondary N) is 1. The summed E-state index contributed by atoms with van der Waals surface area (Å²) in [5, 5.41) is 2.96. The number of nitrogens with zero attached hydrogens (tertiary/aromatic N) is 2. The largest absolute Gasteiger partial charge is 0.351 e. The van der Waals surface area contributed by atoms with E-state index in [1.165, 1.54) is 4.90 Å². The fourth-order valence-electron chi connectivity index (χ4n) is 3.16. The maximum atomic E-state index is 12.4.